The van der Waals surface area contributed by atoms with E-state index in [1.54, 1.807) is 66.7 Å². The summed E-state index contributed by atoms with van der Waals surface area (Å²) in [4.78, 5) is 8.75. The molecule has 31 heavy (non-hydrogen) atoms. The van der Waals surface area contributed by atoms with Crippen LogP contribution in [0, 0.1) is 11.6 Å². The van der Waals surface area contributed by atoms with Crippen LogP contribution in [0.25, 0.3) is 22.2 Å². The van der Waals surface area contributed by atoms with Gasteiger partial charge in [-0.05, 0) is 17.7 Å². The molecule has 5 rings (SSSR count). The molecule has 1 aromatic carbocycles. The van der Waals surface area contributed by atoms with Crippen molar-refractivity contribution >= 4 is 22.7 Å². The minimum Gasteiger partial charge on any atom is -0.321 e. The highest BCUT2D eigenvalue weighted by molar-refractivity contribution is 5.75. The number of benzene rings is 1. The number of nitrogens with one attached hydrogen (secondary N) is 1. The van der Waals surface area contributed by atoms with E-state index >= 15 is 0 Å². The van der Waals surface area contributed by atoms with Crippen molar-refractivity contribution in [3.8, 4) is 11.1 Å². The first kappa shape index (κ1) is 18.9. The number of hydrogen-bond acceptors (Lipinski definition) is 6. The zero-order chi connectivity index (χ0) is 21.5. The fourth-order valence-corrected chi connectivity index (χ4v) is 3.32. The van der Waals surface area contributed by atoms with E-state index in [9.17, 15) is 8.78 Å². The highest BCUT2D eigenvalue weighted by atomic mass is 19.2. The summed E-state index contributed by atoms with van der Waals surface area (Å²) in [5.74, 6) is -1.50. The Morgan fingerprint density at radius 2 is 1.71 bits per heavy atom. The van der Waals surface area contributed by atoms with Gasteiger partial charge in [-0.1, -0.05) is 0 Å². The summed E-state index contributed by atoms with van der Waals surface area (Å²) in [5.41, 5.74) is 2.60. The smallest absolute Gasteiger partial charge is 0.229 e. The number of anilines is 2. The predicted octanol–water partition coefficient (Wildman–Crippen LogP) is 3.03. The number of halogens is 2. The Labute approximate surface area is 175 Å². The molecule has 0 aliphatic heterocycles. The molecule has 0 fully saturated rings. The summed E-state index contributed by atoms with van der Waals surface area (Å²) in [6.45, 7) is 0.00367. The van der Waals surface area contributed by atoms with Gasteiger partial charge in [-0.2, -0.15) is 20.3 Å². The summed E-state index contributed by atoms with van der Waals surface area (Å²) in [7, 11) is 3.56. The Bertz CT molecular complexity index is 1400. The van der Waals surface area contributed by atoms with Crippen molar-refractivity contribution in [2.75, 3.05) is 5.32 Å². The Balaban J connectivity index is 1.50. The van der Waals surface area contributed by atoms with Crippen LogP contribution in [-0.2, 0) is 20.6 Å². The summed E-state index contributed by atoms with van der Waals surface area (Å²) >= 11 is 0. The molecule has 11 heteroatoms. The van der Waals surface area contributed by atoms with Gasteiger partial charge in [-0.3, -0.25) is 9.36 Å². The quantitative estimate of drug-likeness (QED) is 0.469. The van der Waals surface area contributed by atoms with Gasteiger partial charge in [0.2, 0.25) is 5.95 Å². The van der Waals surface area contributed by atoms with Crippen LogP contribution in [0.15, 0.2) is 49.3 Å². The second-order valence-corrected chi connectivity index (χ2v) is 7.14. The maximum atomic E-state index is 14.6. The number of rotatable bonds is 5. The first-order valence-corrected chi connectivity index (χ1v) is 9.37. The van der Waals surface area contributed by atoms with E-state index in [4.69, 9.17) is 0 Å². The van der Waals surface area contributed by atoms with Gasteiger partial charge in [0, 0.05) is 43.8 Å². The minimum absolute atomic E-state index is 0.00367. The SMILES string of the molecule is Cn1cc(Nc2ncc3cnn(Cc4cc(-c5cnn(C)c5)cc(F)c4F)c3n2)cn1. The molecule has 0 amide bonds. The zero-order valence-corrected chi connectivity index (χ0v) is 16.7. The summed E-state index contributed by atoms with van der Waals surface area (Å²) in [6.07, 6.45) is 9.97. The van der Waals surface area contributed by atoms with Crippen LogP contribution in [-0.4, -0.2) is 39.3 Å². The lowest BCUT2D eigenvalue weighted by Gasteiger charge is -2.09. The Morgan fingerprint density at radius 1 is 0.903 bits per heavy atom. The molecule has 0 bridgehead atoms. The number of aromatic nitrogens is 8. The van der Waals surface area contributed by atoms with E-state index in [1.807, 2.05) is 0 Å². The van der Waals surface area contributed by atoms with E-state index in [2.05, 4.69) is 30.6 Å². The van der Waals surface area contributed by atoms with Gasteiger partial charge in [0.05, 0.1) is 36.2 Å². The second-order valence-electron chi connectivity index (χ2n) is 7.14. The molecule has 1 N–H and O–H groups in total. The molecular formula is C20H17F2N9. The van der Waals surface area contributed by atoms with Crippen LogP contribution >= 0.6 is 0 Å². The lowest BCUT2D eigenvalue weighted by Crippen LogP contribution is -2.07. The maximum Gasteiger partial charge on any atom is 0.229 e. The maximum absolute atomic E-state index is 14.6. The van der Waals surface area contributed by atoms with E-state index in [-0.39, 0.29) is 12.1 Å². The molecule has 0 aliphatic carbocycles. The molecule has 9 nitrogen and oxygen atoms in total. The first-order valence-electron chi connectivity index (χ1n) is 9.37. The van der Waals surface area contributed by atoms with Gasteiger partial charge in [0.1, 0.15) is 0 Å². The molecule has 156 valence electrons. The standard InChI is InChI=1S/C20H17F2N9/c1-29-9-15(7-24-29)12-3-13(18(22)17(21)4-12)10-31-19-14(6-26-31)5-23-20(28-19)27-16-8-25-30(2)11-16/h3-9,11H,10H2,1-2H3,(H,23,27,28). The molecule has 0 atom stereocenters. The number of nitrogens with zero attached hydrogens (tertiary/aromatic N) is 8. The Morgan fingerprint density at radius 3 is 2.45 bits per heavy atom. The van der Waals surface area contributed by atoms with Gasteiger partial charge < -0.3 is 5.32 Å². The van der Waals surface area contributed by atoms with Crippen LogP contribution in [0.5, 0.6) is 0 Å². The lowest BCUT2D eigenvalue weighted by atomic mass is 10.1. The molecule has 4 heterocycles. The molecule has 0 unspecified atom stereocenters. The molecule has 0 spiro atoms. The van der Waals surface area contributed by atoms with Gasteiger partial charge in [-0.15, -0.1) is 0 Å². The Hall–Kier alpha value is -4.15. The number of hydrogen-bond donors (Lipinski definition) is 1. The number of fused-ring (bicyclic) bond motifs is 1. The zero-order valence-electron chi connectivity index (χ0n) is 16.7. The van der Waals surface area contributed by atoms with Crippen LogP contribution in [0.2, 0.25) is 0 Å². The average Bonchev–Trinajstić information content (AvgIpc) is 3.46. The normalized spacial score (nSPS) is 11.4. The largest absolute Gasteiger partial charge is 0.321 e. The summed E-state index contributed by atoms with van der Waals surface area (Å²) < 4.78 is 33.6. The van der Waals surface area contributed by atoms with Gasteiger partial charge in [0.15, 0.2) is 17.3 Å². The third-order valence-corrected chi connectivity index (χ3v) is 4.80. The first-order chi connectivity index (χ1) is 15.0. The van der Waals surface area contributed by atoms with Crippen molar-refractivity contribution in [2.45, 2.75) is 6.54 Å². The Kier molecular flexibility index (Phi) is 4.42. The van der Waals surface area contributed by atoms with Crippen LogP contribution < -0.4 is 5.32 Å². The van der Waals surface area contributed by atoms with Gasteiger partial charge in [-0.25, -0.2) is 18.4 Å². The topological polar surface area (TPSA) is 91.3 Å². The van der Waals surface area contributed by atoms with Crippen molar-refractivity contribution in [1.82, 2.24) is 39.3 Å². The number of aryl methyl sites for hydroxylation is 2. The van der Waals surface area contributed by atoms with E-state index < -0.39 is 11.6 Å². The molecule has 0 saturated carbocycles. The monoisotopic (exact) mass is 421 g/mol. The van der Waals surface area contributed by atoms with E-state index in [1.165, 1.54) is 4.68 Å². The summed E-state index contributed by atoms with van der Waals surface area (Å²) in [5, 5.41) is 16.2. The highest BCUT2D eigenvalue weighted by Gasteiger charge is 2.16. The van der Waals surface area contributed by atoms with E-state index in [0.717, 1.165) is 11.8 Å². The minimum atomic E-state index is -0.929. The molecule has 0 aliphatic rings. The van der Waals surface area contributed by atoms with Crippen molar-refractivity contribution in [3.63, 3.8) is 0 Å². The van der Waals surface area contributed by atoms with Crippen molar-refractivity contribution < 1.29 is 8.78 Å². The van der Waals surface area contributed by atoms with Gasteiger partial charge in [0.25, 0.3) is 0 Å². The van der Waals surface area contributed by atoms with Crippen LogP contribution in [0.3, 0.4) is 0 Å². The van der Waals surface area contributed by atoms with E-state index in [0.29, 0.717) is 28.1 Å². The lowest BCUT2D eigenvalue weighted by molar-refractivity contribution is 0.493. The fraction of sp³-hybridized carbons (Fsp3) is 0.150. The molecule has 4 aromatic heterocycles. The molecule has 0 saturated heterocycles. The molecule has 5 aromatic rings. The molecule has 0 radical (unpaired) electrons. The summed E-state index contributed by atoms with van der Waals surface area (Å²) in [6, 6.07) is 2.76. The van der Waals surface area contributed by atoms with Crippen molar-refractivity contribution in [3.05, 3.63) is 66.5 Å². The molecular weight excluding hydrogens is 404 g/mol. The highest BCUT2D eigenvalue weighted by Crippen LogP contribution is 2.25. The third kappa shape index (κ3) is 3.61. The van der Waals surface area contributed by atoms with Gasteiger partial charge >= 0.3 is 0 Å². The van der Waals surface area contributed by atoms with Crippen molar-refractivity contribution in [1.29, 1.82) is 0 Å². The predicted molar refractivity (Wildman–Crippen MR) is 109 cm³/mol. The van der Waals surface area contributed by atoms with Crippen LogP contribution in [0.4, 0.5) is 20.4 Å². The van der Waals surface area contributed by atoms with Crippen LogP contribution in [0.1, 0.15) is 5.56 Å². The fourth-order valence-electron chi connectivity index (χ4n) is 3.32. The third-order valence-electron chi connectivity index (χ3n) is 4.80. The average molecular weight is 421 g/mol. The second kappa shape index (κ2) is 7.27. The van der Waals surface area contributed by atoms with Crippen molar-refractivity contribution in [2.24, 2.45) is 14.1 Å².